The molecule has 2 rings (SSSR count). The van der Waals surface area contributed by atoms with Crippen LogP contribution in [-0.2, 0) is 11.3 Å². The highest BCUT2D eigenvalue weighted by Crippen LogP contribution is 2.19. The molecule has 106 valence electrons. The summed E-state index contributed by atoms with van der Waals surface area (Å²) in [6.07, 6.45) is 1.20. The first-order valence-electron chi connectivity index (χ1n) is 6.70. The molecule has 0 aliphatic carbocycles. The number of ether oxygens (including phenoxy) is 1. The third kappa shape index (κ3) is 5.67. The highest BCUT2D eigenvalue weighted by Gasteiger charge is 2.09. The molecule has 0 saturated carbocycles. The van der Waals surface area contributed by atoms with Gasteiger partial charge in [0.2, 0.25) is 0 Å². The Morgan fingerprint density at radius 3 is 2.89 bits per heavy atom. The minimum absolute atomic E-state index is 0.892. The number of nitrogens with zero attached hydrogens (tertiary/aromatic N) is 1. The molecule has 0 amide bonds. The van der Waals surface area contributed by atoms with Gasteiger partial charge in [0.15, 0.2) is 0 Å². The summed E-state index contributed by atoms with van der Waals surface area (Å²) in [4.78, 5) is 2.48. The number of hydrogen-bond donors (Lipinski definition) is 1. The van der Waals surface area contributed by atoms with E-state index < -0.39 is 0 Å². The predicted octanol–water partition coefficient (Wildman–Crippen LogP) is 2.87. The number of hydrogen-bond acceptors (Lipinski definition) is 3. The van der Waals surface area contributed by atoms with E-state index >= 15 is 0 Å². The average Bonchev–Trinajstić information content (AvgIpc) is 2.43. The van der Waals surface area contributed by atoms with Crippen molar-refractivity contribution >= 4 is 38.5 Å². The van der Waals surface area contributed by atoms with Gasteiger partial charge in [0.05, 0.1) is 13.2 Å². The van der Waals surface area contributed by atoms with Crippen LogP contribution in [0.5, 0.6) is 0 Å². The first kappa shape index (κ1) is 15.7. The third-order valence-corrected chi connectivity index (χ3v) is 4.70. The SMILES string of the molecule is Brc1ccc(I)cc1CNCCCN1CCOCC1. The summed E-state index contributed by atoms with van der Waals surface area (Å²) < 4.78 is 7.82. The average molecular weight is 439 g/mol. The van der Waals surface area contributed by atoms with Crippen molar-refractivity contribution in [2.24, 2.45) is 0 Å². The van der Waals surface area contributed by atoms with Gasteiger partial charge >= 0.3 is 0 Å². The van der Waals surface area contributed by atoms with E-state index in [1.54, 1.807) is 0 Å². The van der Waals surface area contributed by atoms with Crippen LogP contribution in [0.1, 0.15) is 12.0 Å². The Labute approximate surface area is 137 Å². The normalized spacial score (nSPS) is 16.7. The van der Waals surface area contributed by atoms with Gasteiger partial charge in [0, 0.05) is 27.7 Å². The van der Waals surface area contributed by atoms with Crippen molar-refractivity contribution in [2.75, 3.05) is 39.4 Å². The van der Waals surface area contributed by atoms with Crippen molar-refractivity contribution in [3.8, 4) is 0 Å². The van der Waals surface area contributed by atoms with Crippen LogP contribution in [0.4, 0.5) is 0 Å². The molecule has 3 nitrogen and oxygen atoms in total. The molecule has 0 unspecified atom stereocenters. The van der Waals surface area contributed by atoms with Gasteiger partial charge in [-0.15, -0.1) is 0 Å². The van der Waals surface area contributed by atoms with Crippen molar-refractivity contribution in [1.82, 2.24) is 10.2 Å². The molecule has 5 heteroatoms. The Bertz CT molecular complexity index is 397. The summed E-state index contributed by atoms with van der Waals surface area (Å²) in [5, 5.41) is 3.52. The summed E-state index contributed by atoms with van der Waals surface area (Å²) in [7, 11) is 0. The van der Waals surface area contributed by atoms with Crippen molar-refractivity contribution in [2.45, 2.75) is 13.0 Å². The van der Waals surface area contributed by atoms with E-state index in [1.165, 1.54) is 26.6 Å². The van der Waals surface area contributed by atoms with Gasteiger partial charge in [-0.25, -0.2) is 0 Å². The number of benzene rings is 1. The minimum Gasteiger partial charge on any atom is -0.379 e. The molecule has 1 aromatic carbocycles. The zero-order valence-corrected chi connectivity index (χ0v) is 14.7. The fraction of sp³-hybridized carbons (Fsp3) is 0.571. The molecule has 19 heavy (non-hydrogen) atoms. The summed E-state index contributed by atoms with van der Waals surface area (Å²) in [5.41, 5.74) is 1.33. The highest BCUT2D eigenvalue weighted by molar-refractivity contribution is 14.1. The van der Waals surface area contributed by atoms with Crippen LogP contribution in [0.2, 0.25) is 0 Å². The second-order valence-corrected chi connectivity index (χ2v) is 6.82. The van der Waals surface area contributed by atoms with Gasteiger partial charge < -0.3 is 10.1 Å². The maximum Gasteiger partial charge on any atom is 0.0594 e. The highest BCUT2D eigenvalue weighted by atomic mass is 127. The minimum atomic E-state index is 0.892. The van der Waals surface area contributed by atoms with Gasteiger partial charge in [0.25, 0.3) is 0 Å². The molecular formula is C14H20BrIN2O. The van der Waals surface area contributed by atoms with Crippen LogP contribution >= 0.6 is 38.5 Å². The van der Waals surface area contributed by atoms with Crippen molar-refractivity contribution < 1.29 is 4.74 Å². The Morgan fingerprint density at radius 2 is 2.11 bits per heavy atom. The van der Waals surface area contributed by atoms with Crippen LogP contribution in [-0.4, -0.2) is 44.3 Å². The van der Waals surface area contributed by atoms with Crippen LogP contribution in [0.25, 0.3) is 0 Å². The molecule has 1 N–H and O–H groups in total. The molecule has 1 aromatic rings. The van der Waals surface area contributed by atoms with E-state index in [2.05, 4.69) is 66.9 Å². The Hall–Kier alpha value is 0.310. The van der Waals surface area contributed by atoms with Crippen molar-refractivity contribution in [1.29, 1.82) is 0 Å². The molecule has 1 saturated heterocycles. The second kappa shape index (κ2) is 8.56. The summed E-state index contributed by atoms with van der Waals surface area (Å²) in [6.45, 7) is 7.12. The Kier molecular flexibility index (Phi) is 7.07. The number of nitrogens with one attached hydrogen (secondary N) is 1. The predicted molar refractivity (Wildman–Crippen MR) is 90.4 cm³/mol. The monoisotopic (exact) mass is 438 g/mol. The van der Waals surface area contributed by atoms with Crippen molar-refractivity contribution in [3.05, 3.63) is 31.8 Å². The smallest absolute Gasteiger partial charge is 0.0594 e. The van der Waals surface area contributed by atoms with Crippen molar-refractivity contribution in [3.63, 3.8) is 0 Å². The molecule has 0 spiro atoms. The van der Waals surface area contributed by atoms with E-state index in [-0.39, 0.29) is 0 Å². The van der Waals surface area contributed by atoms with Crippen LogP contribution < -0.4 is 5.32 Å². The van der Waals surface area contributed by atoms with E-state index in [9.17, 15) is 0 Å². The maximum absolute atomic E-state index is 5.35. The summed E-state index contributed by atoms with van der Waals surface area (Å²) >= 11 is 5.95. The molecule has 0 radical (unpaired) electrons. The molecule has 1 aliphatic heterocycles. The van der Waals surface area contributed by atoms with E-state index in [1.807, 2.05) is 0 Å². The van der Waals surface area contributed by atoms with E-state index in [4.69, 9.17) is 4.74 Å². The quantitative estimate of drug-likeness (QED) is 0.546. The summed E-state index contributed by atoms with van der Waals surface area (Å²) in [5.74, 6) is 0. The fourth-order valence-corrected chi connectivity index (χ4v) is 3.10. The lowest BCUT2D eigenvalue weighted by Gasteiger charge is -2.26. The Balaban J connectivity index is 1.62. The molecule has 1 heterocycles. The topological polar surface area (TPSA) is 24.5 Å². The van der Waals surface area contributed by atoms with Gasteiger partial charge in [-0.05, 0) is 65.9 Å². The Morgan fingerprint density at radius 1 is 1.32 bits per heavy atom. The summed E-state index contributed by atoms with van der Waals surface area (Å²) in [6, 6.07) is 6.46. The number of rotatable bonds is 6. The number of halogens is 2. The van der Waals surface area contributed by atoms with Crippen LogP contribution in [0, 0.1) is 3.57 Å². The van der Waals surface area contributed by atoms with Crippen LogP contribution in [0.15, 0.2) is 22.7 Å². The molecule has 1 aliphatic rings. The fourth-order valence-electron chi connectivity index (χ4n) is 2.15. The lowest BCUT2D eigenvalue weighted by Crippen LogP contribution is -2.37. The lowest BCUT2D eigenvalue weighted by atomic mass is 10.2. The van der Waals surface area contributed by atoms with Gasteiger partial charge in [-0.1, -0.05) is 15.9 Å². The second-order valence-electron chi connectivity index (χ2n) is 4.72. The lowest BCUT2D eigenvalue weighted by molar-refractivity contribution is 0.0374. The van der Waals surface area contributed by atoms with Crippen LogP contribution in [0.3, 0.4) is 0 Å². The van der Waals surface area contributed by atoms with Gasteiger partial charge in [0.1, 0.15) is 0 Å². The van der Waals surface area contributed by atoms with E-state index in [0.29, 0.717) is 0 Å². The molecule has 0 bridgehead atoms. The first-order chi connectivity index (χ1) is 9.25. The third-order valence-electron chi connectivity index (χ3n) is 3.25. The first-order valence-corrected chi connectivity index (χ1v) is 8.57. The standard InChI is InChI=1S/C14H20BrIN2O/c15-14-3-2-13(16)10-12(14)11-17-4-1-5-18-6-8-19-9-7-18/h2-3,10,17H,1,4-9,11H2. The molecule has 1 fully saturated rings. The maximum atomic E-state index is 5.35. The number of morpholine rings is 1. The zero-order chi connectivity index (χ0) is 13.5. The van der Waals surface area contributed by atoms with Gasteiger partial charge in [-0.2, -0.15) is 0 Å². The molecule has 0 atom stereocenters. The molecule has 0 aromatic heterocycles. The largest absolute Gasteiger partial charge is 0.379 e. The van der Waals surface area contributed by atoms with Gasteiger partial charge in [-0.3, -0.25) is 4.90 Å². The van der Waals surface area contributed by atoms with E-state index in [0.717, 1.165) is 39.4 Å². The zero-order valence-electron chi connectivity index (χ0n) is 11.0. The molecular weight excluding hydrogens is 419 g/mol.